The Labute approximate surface area is 144 Å². The van der Waals surface area contributed by atoms with E-state index in [0.717, 1.165) is 20.9 Å². The summed E-state index contributed by atoms with van der Waals surface area (Å²) >= 11 is 3.30. The smallest absolute Gasteiger partial charge is 0.240 e. The SMILES string of the molecule is Cc1ccc2[nH]cc(CCNS(=O)(=O)c3ccc(Br)cc3)c2c1. The van der Waals surface area contributed by atoms with Crippen molar-refractivity contribution in [1.29, 1.82) is 0 Å². The molecule has 0 bridgehead atoms. The van der Waals surface area contributed by atoms with E-state index in [2.05, 4.69) is 37.8 Å². The van der Waals surface area contributed by atoms with Crippen molar-refractivity contribution in [2.75, 3.05) is 6.54 Å². The molecule has 0 fully saturated rings. The molecule has 1 heterocycles. The minimum atomic E-state index is -3.47. The van der Waals surface area contributed by atoms with Crippen molar-refractivity contribution in [3.63, 3.8) is 0 Å². The Morgan fingerprint density at radius 2 is 1.87 bits per heavy atom. The first-order chi connectivity index (χ1) is 11.0. The van der Waals surface area contributed by atoms with Crippen LogP contribution in [0.4, 0.5) is 0 Å². The van der Waals surface area contributed by atoms with Gasteiger partial charge >= 0.3 is 0 Å². The molecule has 0 atom stereocenters. The molecule has 2 N–H and O–H groups in total. The van der Waals surface area contributed by atoms with Crippen molar-refractivity contribution in [2.45, 2.75) is 18.2 Å². The second-order valence-electron chi connectivity index (χ2n) is 5.46. The lowest BCUT2D eigenvalue weighted by molar-refractivity contribution is 0.581. The van der Waals surface area contributed by atoms with Crippen LogP contribution in [-0.2, 0) is 16.4 Å². The molecule has 0 saturated heterocycles. The van der Waals surface area contributed by atoms with E-state index >= 15 is 0 Å². The summed E-state index contributed by atoms with van der Waals surface area (Å²) < 4.78 is 28.0. The third-order valence-corrected chi connectivity index (χ3v) is 5.74. The number of hydrogen-bond acceptors (Lipinski definition) is 2. The predicted octanol–water partition coefficient (Wildman–Crippen LogP) is 3.76. The molecule has 3 rings (SSSR count). The molecule has 1 aromatic heterocycles. The Morgan fingerprint density at radius 1 is 1.13 bits per heavy atom. The largest absolute Gasteiger partial charge is 0.361 e. The van der Waals surface area contributed by atoms with Gasteiger partial charge in [0.15, 0.2) is 0 Å². The number of nitrogens with one attached hydrogen (secondary N) is 2. The standard InChI is InChI=1S/C17H17BrN2O2S/c1-12-2-7-17-16(10-12)13(11-19-17)8-9-20-23(21,22)15-5-3-14(18)4-6-15/h2-7,10-11,19-20H,8-9H2,1H3. The topological polar surface area (TPSA) is 62.0 Å². The number of rotatable bonds is 5. The van der Waals surface area contributed by atoms with Gasteiger partial charge in [-0.05, 0) is 55.3 Å². The lowest BCUT2D eigenvalue weighted by atomic mass is 10.1. The molecular weight excluding hydrogens is 376 g/mol. The molecule has 0 spiro atoms. The molecule has 23 heavy (non-hydrogen) atoms. The van der Waals surface area contributed by atoms with E-state index in [1.165, 1.54) is 5.56 Å². The van der Waals surface area contributed by atoms with Crippen LogP contribution < -0.4 is 4.72 Å². The zero-order valence-electron chi connectivity index (χ0n) is 12.6. The number of halogens is 1. The molecule has 2 aromatic carbocycles. The highest BCUT2D eigenvalue weighted by Gasteiger charge is 2.13. The number of aryl methyl sites for hydroxylation is 1. The molecule has 0 radical (unpaired) electrons. The Hall–Kier alpha value is -1.63. The Morgan fingerprint density at radius 3 is 2.61 bits per heavy atom. The third kappa shape index (κ3) is 3.65. The molecule has 4 nitrogen and oxygen atoms in total. The average molecular weight is 393 g/mol. The number of fused-ring (bicyclic) bond motifs is 1. The second-order valence-corrected chi connectivity index (χ2v) is 8.15. The van der Waals surface area contributed by atoms with Gasteiger partial charge in [-0.3, -0.25) is 0 Å². The number of aromatic nitrogens is 1. The summed E-state index contributed by atoms with van der Waals surface area (Å²) in [5.41, 5.74) is 3.37. The van der Waals surface area contributed by atoms with Crippen LogP contribution in [0.3, 0.4) is 0 Å². The van der Waals surface area contributed by atoms with E-state index in [1.54, 1.807) is 24.3 Å². The summed E-state index contributed by atoms with van der Waals surface area (Å²) in [6, 6.07) is 12.8. The van der Waals surface area contributed by atoms with Crippen molar-refractivity contribution < 1.29 is 8.42 Å². The maximum absolute atomic E-state index is 12.3. The fourth-order valence-electron chi connectivity index (χ4n) is 2.52. The highest BCUT2D eigenvalue weighted by molar-refractivity contribution is 9.10. The monoisotopic (exact) mass is 392 g/mol. The third-order valence-electron chi connectivity index (χ3n) is 3.73. The molecule has 0 unspecified atom stereocenters. The minimum Gasteiger partial charge on any atom is -0.361 e. The number of sulfonamides is 1. The Bertz CT molecular complexity index is 931. The van der Waals surface area contributed by atoms with E-state index in [9.17, 15) is 8.42 Å². The first kappa shape index (κ1) is 16.2. The van der Waals surface area contributed by atoms with E-state index in [0.29, 0.717) is 13.0 Å². The van der Waals surface area contributed by atoms with E-state index in [4.69, 9.17) is 0 Å². The molecule has 3 aromatic rings. The van der Waals surface area contributed by atoms with Crippen LogP contribution in [0.2, 0.25) is 0 Å². The van der Waals surface area contributed by atoms with Crippen molar-refractivity contribution in [3.05, 3.63) is 64.3 Å². The maximum Gasteiger partial charge on any atom is 0.240 e. The van der Waals surface area contributed by atoms with Gasteiger partial charge in [-0.15, -0.1) is 0 Å². The number of benzene rings is 2. The highest BCUT2D eigenvalue weighted by Crippen LogP contribution is 2.20. The summed E-state index contributed by atoms with van der Waals surface area (Å²) in [6.07, 6.45) is 2.58. The molecular formula is C17H17BrN2O2S. The molecule has 120 valence electrons. The lowest BCUT2D eigenvalue weighted by Crippen LogP contribution is -2.25. The van der Waals surface area contributed by atoms with Crippen molar-refractivity contribution in [2.24, 2.45) is 0 Å². The normalized spacial score (nSPS) is 11.9. The zero-order chi connectivity index (χ0) is 16.4. The van der Waals surface area contributed by atoms with Crippen LogP contribution in [-0.4, -0.2) is 19.9 Å². The second kappa shape index (κ2) is 6.47. The Balaban J connectivity index is 1.70. The quantitative estimate of drug-likeness (QED) is 0.694. The molecule has 0 aliphatic heterocycles. The predicted molar refractivity (Wildman–Crippen MR) is 96.1 cm³/mol. The first-order valence-corrected chi connectivity index (χ1v) is 9.55. The summed E-state index contributed by atoms with van der Waals surface area (Å²) in [4.78, 5) is 3.49. The molecule has 0 amide bonds. The number of aromatic amines is 1. The minimum absolute atomic E-state index is 0.274. The van der Waals surface area contributed by atoms with Gasteiger partial charge in [-0.1, -0.05) is 27.6 Å². The van der Waals surface area contributed by atoms with Crippen LogP contribution in [0.1, 0.15) is 11.1 Å². The van der Waals surface area contributed by atoms with Crippen LogP contribution in [0.25, 0.3) is 10.9 Å². The fourth-order valence-corrected chi connectivity index (χ4v) is 3.81. The van der Waals surface area contributed by atoms with E-state index < -0.39 is 10.0 Å². The number of H-pyrrole nitrogens is 1. The first-order valence-electron chi connectivity index (χ1n) is 7.27. The summed E-state index contributed by atoms with van der Waals surface area (Å²) in [5, 5.41) is 1.15. The molecule has 0 saturated carbocycles. The van der Waals surface area contributed by atoms with Gasteiger partial charge in [0.25, 0.3) is 0 Å². The molecule has 6 heteroatoms. The average Bonchev–Trinajstić information content (AvgIpc) is 2.90. The Kier molecular flexibility index (Phi) is 4.57. The zero-order valence-corrected chi connectivity index (χ0v) is 15.0. The van der Waals surface area contributed by atoms with Crippen LogP contribution in [0.15, 0.2) is 58.0 Å². The van der Waals surface area contributed by atoms with E-state index in [-0.39, 0.29) is 4.90 Å². The van der Waals surface area contributed by atoms with Gasteiger partial charge in [0.05, 0.1) is 4.90 Å². The van der Waals surface area contributed by atoms with Crippen LogP contribution in [0.5, 0.6) is 0 Å². The van der Waals surface area contributed by atoms with Gasteiger partial charge in [-0.25, -0.2) is 13.1 Å². The van der Waals surface area contributed by atoms with Crippen molar-refractivity contribution >= 4 is 36.9 Å². The van der Waals surface area contributed by atoms with Crippen molar-refractivity contribution in [3.8, 4) is 0 Å². The van der Waals surface area contributed by atoms with Gasteiger partial charge in [0.1, 0.15) is 0 Å². The fraction of sp³-hybridized carbons (Fsp3) is 0.176. The van der Waals surface area contributed by atoms with Crippen molar-refractivity contribution in [1.82, 2.24) is 9.71 Å². The highest BCUT2D eigenvalue weighted by atomic mass is 79.9. The summed E-state index contributed by atoms with van der Waals surface area (Å²) in [7, 11) is -3.47. The number of hydrogen-bond donors (Lipinski definition) is 2. The lowest BCUT2D eigenvalue weighted by Gasteiger charge is -2.06. The maximum atomic E-state index is 12.3. The van der Waals surface area contributed by atoms with Gasteiger partial charge in [0.2, 0.25) is 10.0 Å². The van der Waals surface area contributed by atoms with E-state index in [1.807, 2.05) is 19.2 Å². The summed E-state index contributed by atoms with van der Waals surface area (Å²) in [6.45, 7) is 2.41. The van der Waals surface area contributed by atoms with Gasteiger partial charge < -0.3 is 4.98 Å². The summed E-state index contributed by atoms with van der Waals surface area (Å²) in [5.74, 6) is 0. The van der Waals surface area contributed by atoms with Crippen LogP contribution in [0, 0.1) is 6.92 Å². The molecule has 0 aliphatic rings. The molecule has 0 aliphatic carbocycles. The van der Waals surface area contributed by atoms with Gasteiger partial charge in [-0.2, -0.15) is 0 Å². The van der Waals surface area contributed by atoms with Crippen LogP contribution >= 0.6 is 15.9 Å². The van der Waals surface area contributed by atoms with Gasteiger partial charge in [0, 0.05) is 28.1 Å².